The first kappa shape index (κ1) is 10.9. The van der Waals surface area contributed by atoms with Gasteiger partial charge in [0.05, 0.1) is 0 Å². The van der Waals surface area contributed by atoms with Crippen LogP contribution in [0.15, 0.2) is 0 Å². The van der Waals surface area contributed by atoms with Crippen molar-refractivity contribution in [3.8, 4) is 0 Å². The number of thiol groups is 4. The summed E-state index contributed by atoms with van der Waals surface area (Å²) in [4.78, 5) is 0. The zero-order valence-corrected chi connectivity index (χ0v) is 11.0. The first-order valence-electron chi connectivity index (χ1n) is 4.82. The van der Waals surface area contributed by atoms with Gasteiger partial charge in [-0.3, -0.25) is 0 Å². The van der Waals surface area contributed by atoms with Crippen LogP contribution >= 0.6 is 50.5 Å². The first-order chi connectivity index (χ1) is 6.10. The van der Waals surface area contributed by atoms with Gasteiger partial charge in [0.1, 0.15) is 0 Å². The monoisotopic (exact) mass is 252 g/mol. The van der Waals surface area contributed by atoms with Crippen molar-refractivity contribution < 1.29 is 0 Å². The van der Waals surface area contributed by atoms with Gasteiger partial charge in [-0.25, -0.2) is 0 Å². The molecule has 2 aliphatic carbocycles. The highest BCUT2D eigenvalue weighted by Gasteiger charge is 2.57. The van der Waals surface area contributed by atoms with Gasteiger partial charge in [0.25, 0.3) is 0 Å². The molecule has 4 unspecified atom stereocenters. The van der Waals surface area contributed by atoms with E-state index in [1.165, 1.54) is 25.7 Å². The van der Waals surface area contributed by atoms with Gasteiger partial charge in [0, 0.05) is 26.4 Å². The van der Waals surface area contributed by atoms with Crippen LogP contribution in [0.2, 0.25) is 0 Å². The first-order valence-corrected chi connectivity index (χ1v) is 6.89. The number of hydrogen-bond acceptors (Lipinski definition) is 4. The van der Waals surface area contributed by atoms with E-state index in [2.05, 4.69) is 0 Å². The Morgan fingerprint density at radius 1 is 0.615 bits per heavy atom. The van der Waals surface area contributed by atoms with E-state index in [9.17, 15) is 0 Å². The van der Waals surface area contributed by atoms with Crippen LogP contribution in [0, 0.1) is 5.41 Å². The maximum Gasteiger partial charge on any atom is 0.0168 e. The van der Waals surface area contributed by atoms with Gasteiger partial charge in [0.2, 0.25) is 0 Å². The molecule has 0 saturated heterocycles. The smallest absolute Gasteiger partial charge is 0.0168 e. The summed E-state index contributed by atoms with van der Waals surface area (Å²) in [5, 5.41) is 1.79. The Labute approximate surface area is 102 Å². The number of hydrogen-bond donors (Lipinski definition) is 4. The minimum absolute atomic E-state index is 0.179. The minimum atomic E-state index is 0.179. The predicted octanol–water partition coefficient (Wildman–Crippen LogP) is 2.75. The average molecular weight is 252 g/mol. The molecule has 0 nitrogen and oxygen atoms in total. The van der Waals surface area contributed by atoms with Crippen molar-refractivity contribution in [2.24, 2.45) is 5.41 Å². The van der Waals surface area contributed by atoms with Crippen LogP contribution in [-0.4, -0.2) is 21.0 Å². The highest BCUT2D eigenvalue weighted by Crippen LogP contribution is 2.58. The number of rotatable bonds is 0. The van der Waals surface area contributed by atoms with Crippen molar-refractivity contribution in [2.45, 2.75) is 46.7 Å². The molecule has 0 aromatic heterocycles. The van der Waals surface area contributed by atoms with E-state index in [1.54, 1.807) is 0 Å². The second-order valence-corrected chi connectivity index (χ2v) is 6.71. The van der Waals surface area contributed by atoms with Gasteiger partial charge in [-0.2, -0.15) is 50.5 Å². The third-order valence-electron chi connectivity index (χ3n) is 3.74. The minimum Gasteiger partial charge on any atom is -0.175 e. The second kappa shape index (κ2) is 3.76. The molecule has 0 aliphatic heterocycles. The molecular formula is C9H16S4. The second-order valence-electron chi connectivity index (χ2n) is 4.22. The average Bonchev–Trinajstić information content (AvgIpc) is 2.53. The molecule has 0 bridgehead atoms. The molecule has 76 valence electrons. The van der Waals surface area contributed by atoms with E-state index >= 15 is 0 Å². The molecule has 0 aromatic rings. The summed E-state index contributed by atoms with van der Waals surface area (Å²) < 4.78 is 0. The van der Waals surface area contributed by atoms with Crippen LogP contribution in [-0.2, 0) is 0 Å². The zero-order valence-electron chi connectivity index (χ0n) is 7.43. The molecule has 2 aliphatic rings. The lowest BCUT2D eigenvalue weighted by atomic mass is 9.82. The van der Waals surface area contributed by atoms with Crippen LogP contribution in [0.5, 0.6) is 0 Å². The summed E-state index contributed by atoms with van der Waals surface area (Å²) in [7, 11) is 0. The molecule has 4 heteroatoms. The van der Waals surface area contributed by atoms with Crippen LogP contribution in [0.1, 0.15) is 25.7 Å². The summed E-state index contributed by atoms with van der Waals surface area (Å²) in [6.07, 6.45) is 4.69. The van der Waals surface area contributed by atoms with Crippen molar-refractivity contribution in [3.05, 3.63) is 0 Å². The van der Waals surface area contributed by atoms with Gasteiger partial charge >= 0.3 is 0 Å². The summed E-state index contributed by atoms with van der Waals surface area (Å²) in [5.41, 5.74) is 0.179. The van der Waals surface area contributed by atoms with Crippen molar-refractivity contribution in [1.29, 1.82) is 0 Å². The quantitative estimate of drug-likeness (QED) is 0.468. The maximum absolute atomic E-state index is 4.70. The molecule has 2 fully saturated rings. The third-order valence-corrected chi connectivity index (χ3v) is 6.56. The van der Waals surface area contributed by atoms with Crippen molar-refractivity contribution >= 4 is 50.5 Å². The highest BCUT2D eigenvalue weighted by molar-refractivity contribution is 7.84. The van der Waals surface area contributed by atoms with E-state index in [1.807, 2.05) is 0 Å². The van der Waals surface area contributed by atoms with Crippen LogP contribution in [0.25, 0.3) is 0 Å². The fourth-order valence-electron chi connectivity index (χ4n) is 2.96. The van der Waals surface area contributed by atoms with Crippen molar-refractivity contribution in [1.82, 2.24) is 0 Å². The SMILES string of the molecule is SC1CCC(S)C12C(S)CCC2S. The molecular weight excluding hydrogens is 236 g/mol. The fourth-order valence-corrected chi connectivity index (χ4v) is 6.43. The Morgan fingerprint density at radius 3 is 1.08 bits per heavy atom. The van der Waals surface area contributed by atoms with Crippen molar-refractivity contribution in [3.63, 3.8) is 0 Å². The van der Waals surface area contributed by atoms with E-state index in [-0.39, 0.29) is 5.41 Å². The van der Waals surface area contributed by atoms with E-state index in [4.69, 9.17) is 50.5 Å². The Kier molecular flexibility index (Phi) is 3.16. The Hall–Kier alpha value is 1.40. The highest BCUT2D eigenvalue weighted by atomic mass is 32.1. The molecule has 4 atom stereocenters. The predicted molar refractivity (Wildman–Crippen MR) is 72.0 cm³/mol. The van der Waals surface area contributed by atoms with E-state index in [0.717, 1.165) is 0 Å². The molecule has 2 rings (SSSR count). The van der Waals surface area contributed by atoms with Crippen LogP contribution in [0.3, 0.4) is 0 Å². The topological polar surface area (TPSA) is 0 Å². The van der Waals surface area contributed by atoms with Gasteiger partial charge < -0.3 is 0 Å². The fraction of sp³-hybridized carbons (Fsp3) is 1.00. The lowest BCUT2D eigenvalue weighted by Gasteiger charge is -2.39. The van der Waals surface area contributed by atoms with Gasteiger partial charge in [-0.05, 0) is 25.7 Å². The van der Waals surface area contributed by atoms with Crippen LogP contribution in [0.4, 0.5) is 0 Å². The van der Waals surface area contributed by atoms with Gasteiger partial charge in [-0.15, -0.1) is 0 Å². The Morgan fingerprint density at radius 2 is 0.846 bits per heavy atom. The molecule has 0 amide bonds. The van der Waals surface area contributed by atoms with Gasteiger partial charge in [0.15, 0.2) is 0 Å². The lowest BCUT2D eigenvalue weighted by Crippen LogP contribution is -2.44. The van der Waals surface area contributed by atoms with Crippen molar-refractivity contribution in [2.75, 3.05) is 0 Å². The molecule has 1 spiro atoms. The van der Waals surface area contributed by atoms with Gasteiger partial charge in [-0.1, -0.05) is 0 Å². The maximum atomic E-state index is 4.70. The van der Waals surface area contributed by atoms with Crippen LogP contribution < -0.4 is 0 Å². The molecule has 13 heavy (non-hydrogen) atoms. The van der Waals surface area contributed by atoms with E-state index < -0.39 is 0 Å². The summed E-state index contributed by atoms with van der Waals surface area (Å²) in [6, 6.07) is 0. The normalized spacial score (nSPS) is 56.3. The summed E-state index contributed by atoms with van der Waals surface area (Å²) in [5.74, 6) is 0. The zero-order chi connectivity index (χ0) is 9.64. The summed E-state index contributed by atoms with van der Waals surface area (Å²) in [6.45, 7) is 0. The Bertz CT molecular complexity index is 160. The third kappa shape index (κ3) is 1.39. The molecule has 0 N–H and O–H groups in total. The summed E-state index contributed by atoms with van der Waals surface area (Å²) >= 11 is 18.8. The molecule has 0 aromatic carbocycles. The lowest BCUT2D eigenvalue weighted by molar-refractivity contribution is 0.354. The molecule has 0 radical (unpaired) electrons. The molecule has 0 heterocycles. The molecule has 2 saturated carbocycles. The standard InChI is InChI=1S/C9H16S4/c10-5-1-2-6(11)9(5)7(12)3-4-8(9)13/h5-8,10-13H,1-4H2. The Balaban J connectivity index is 2.34. The largest absolute Gasteiger partial charge is 0.175 e. The van der Waals surface area contributed by atoms with E-state index in [0.29, 0.717) is 21.0 Å².